The van der Waals surface area contributed by atoms with Crippen LogP contribution in [0.2, 0.25) is 0 Å². The van der Waals surface area contributed by atoms with E-state index in [1.807, 2.05) is 24.3 Å². The van der Waals surface area contributed by atoms with Crippen LogP contribution < -0.4 is 19.7 Å². The molecule has 0 spiro atoms. The molecule has 3 heterocycles. The molecule has 1 saturated carbocycles. The molecular weight excluding hydrogens is 518 g/mol. The topological polar surface area (TPSA) is 88.5 Å². The number of sulfonamides is 1. The van der Waals surface area contributed by atoms with E-state index in [0.29, 0.717) is 22.6 Å². The molecular formula is C28H35N5O3S2. The van der Waals surface area contributed by atoms with E-state index in [2.05, 4.69) is 44.4 Å². The fourth-order valence-corrected chi connectivity index (χ4v) is 6.98. The van der Waals surface area contributed by atoms with E-state index in [-0.39, 0.29) is 12.1 Å². The number of nitrogens with zero attached hydrogens (tertiary/aromatic N) is 3. The second kappa shape index (κ2) is 10.6. The quantitative estimate of drug-likeness (QED) is 0.370. The van der Waals surface area contributed by atoms with Crippen molar-refractivity contribution in [3.63, 3.8) is 0 Å². The van der Waals surface area contributed by atoms with E-state index in [4.69, 9.17) is 17.0 Å². The fraction of sp³-hybridized carbons (Fsp3) is 0.429. The number of benzene rings is 1. The van der Waals surface area contributed by atoms with Gasteiger partial charge in [-0.1, -0.05) is 25.3 Å². The minimum absolute atomic E-state index is 0.180. The monoisotopic (exact) mass is 553 g/mol. The predicted molar refractivity (Wildman–Crippen MR) is 155 cm³/mol. The van der Waals surface area contributed by atoms with Crippen LogP contribution >= 0.6 is 12.2 Å². The number of methoxy groups -OCH3 is 1. The minimum atomic E-state index is -3.51. The molecule has 1 aliphatic heterocycles. The maximum absolute atomic E-state index is 12.1. The summed E-state index contributed by atoms with van der Waals surface area (Å²) in [6.07, 6.45) is 9.15. The summed E-state index contributed by atoms with van der Waals surface area (Å²) >= 11 is 5.91. The number of aromatic nitrogens is 2. The lowest BCUT2D eigenvalue weighted by Gasteiger charge is -2.30. The maximum Gasteiger partial charge on any atom is 0.229 e. The van der Waals surface area contributed by atoms with Gasteiger partial charge < -0.3 is 19.5 Å². The van der Waals surface area contributed by atoms with Crippen LogP contribution in [0.25, 0.3) is 0 Å². The minimum Gasteiger partial charge on any atom is -0.495 e. The fourth-order valence-electron chi connectivity index (χ4n) is 6.08. The molecule has 1 saturated heterocycles. The first-order valence-corrected chi connectivity index (χ1v) is 15.3. The smallest absolute Gasteiger partial charge is 0.229 e. The zero-order valence-electron chi connectivity index (χ0n) is 22.3. The van der Waals surface area contributed by atoms with Gasteiger partial charge in [0.2, 0.25) is 10.0 Å². The van der Waals surface area contributed by atoms with Crippen LogP contribution in [0.3, 0.4) is 0 Å². The van der Waals surface area contributed by atoms with Gasteiger partial charge in [0.15, 0.2) is 5.11 Å². The molecule has 10 heteroatoms. The van der Waals surface area contributed by atoms with Gasteiger partial charge in [-0.15, -0.1) is 0 Å². The van der Waals surface area contributed by atoms with Gasteiger partial charge in [0, 0.05) is 29.3 Å². The third kappa shape index (κ3) is 5.11. The van der Waals surface area contributed by atoms with Crippen LogP contribution in [-0.4, -0.2) is 36.4 Å². The highest BCUT2D eigenvalue weighted by Crippen LogP contribution is 2.45. The summed E-state index contributed by atoms with van der Waals surface area (Å²) in [6.45, 7) is 4.39. The lowest BCUT2D eigenvalue weighted by atomic mass is 9.94. The number of hydrogen-bond acceptors (Lipinski definition) is 5. The van der Waals surface area contributed by atoms with Crippen molar-refractivity contribution in [3.05, 3.63) is 71.3 Å². The Morgan fingerprint density at radius 2 is 1.87 bits per heavy atom. The van der Waals surface area contributed by atoms with Gasteiger partial charge in [-0.2, -0.15) is 0 Å². The number of nitrogens with one attached hydrogen (secondary N) is 2. The molecule has 2 atom stereocenters. The molecule has 0 radical (unpaired) electrons. The Labute approximate surface area is 230 Å². The van der Waals surface area contributed by atoms with Gasteiger partial charge in [0.05, 0.1) is 36.8 Å². The van der Waals surface area contributed by atoms with Crippen LogP contribution in [0.5, 0.6) is 5.75 Å². The van der Waals surface area contributed by atoms with E-state index in [1.165, 1.54) is 56.2 Å². The van der Waals surface area contributed by atoms with Gasteiger partial charge in [0.1, 0.15) is 5.75 Å². The van der Waals surface area contributed by atoms with Crippen molar-refractivity contribution >= 4 is 38.7 Å². The number of ether oxygens (including phenoxy) is 1. The Kier molecular flexibility index (Phi) is 7.37. The van der Waals surface area contributed by atoms with Crippen molar-refractivity contribution in [3.8, 4) is 5.75 Å². The summed E-state index contributed by atoms with van der Waals surface area (Å²) in [7, 11) is -2.00. The first-order chi connectivity index (χ1) is 18.2. The molecule has 3 aromatic rings. The van der Waals surface area contributed by atoms with Crippen LogP contribution in [0.4, 0.5) is 11.4 Å². The van der Waals surface area contributed by atoms with E-state index in [0.717, 1.165) is 17.6 Å². The standard InChI is InChI=1S/C28H35N5O3S2/c1-18-16-22(19(2)32(18)20-10-6-5-7-11-20)27-26(23-12-8-9-15-29-23)30-28(37)33(27)21-13-14-25(36-3)24(17-21)31-38(4,34)35/h8-9,12-17,20,26-27,31H,5-7,10-11H2,1-4H3,(H,30,37)/t26-,27-/m1/s1. The van der Waals surface area contributed by atoms with E-state index in [9.17, 15) is 8.42 Å². The molecule has 5 rings (SSSR count). The zero-order valence-corrected chi connectivity index (χ0v) is 23.9. The molecule has 38 heavy (non-hydrogen) atoms. The van der Waals surface area contributed by atoms with Crippen molar-refractivity contribution in [1.82, 2.24) is 14.9 Å². The predicted octanol–water partition coefficient (Wildman–Crippen LogP) is 5.56. The molecule has 2 N–H and O–H groups in total. The maximum atomic E-state index is 12.1. The highest BCUT2D eigenvalue weighted by Gasteiger charge is 2.42. The average Bonchev–Trinajstić information content (AvgIpc) is 3.39. The average molecular weight is 554 g/mol. The summed E-state index contributed by atoms with van der Waals surface area (Å²) in [6, 6.07) is 13.8. The molecule has 1 aliphatic carbocycles. The SMILES string of the molecule is COc1ccc(N2C(=S)N[C@H](c3ccccn3)[C@H]2c2cc(C)n(C3CCCCC3)c2C)cc1NS(C)(=O)=O. The largest absolute Gasteiger partial charge is 0.495 e. The van der Waals surface area contributed by atoms with Crippen molar-refractivity contribution in [2.75, 3.05) is 23.0 Å². The molecule has 2 aliphatic rings. The van der Waals surface area contributed by atoms with E-state index >= 15 is 0 Å². The van der Waals surface area contributed by atoms with Gasteiger partial charge in [-0.25, -0.2) is 8.42 Å². The van der Waals surface area contributed by atoms with Gasteiger partial charge >= 0.3 is 0 Å². The van der Waals surface area contributed by atoms with Crippen LogP contribution in [0.1, 0.15) is 72.9 Å². The molecule has 1 aromatic carbocycles. The lowest BCUT2D eigenvalue weighted by Crippen LogP contribution is -2.29. The van der Waals surface area contributed by atoms with Crippen molar-refractivity contribution in [1.29, 1.82) is 0 Å². The van der Waals surface area contributed by atoms with Crippen molar-refractivity contribution in [2.45, 2.75) is 64.1 Å². The second-order valence-corrected chi connectivity index (χ2v) is 12.4. The summed E-state index contributed by atoms with van der Waals surface area (Å²) in [5, 5.41) is 4.07. The third-order valence-corrected chi connectivity index (χ3v) is 8.54. The Bertz CT molecular complexity index is 1430. The second-order valence-electron chi connectivity index (χ2n) is 10.2. The van der Waals surface area contributed by atoms with Crippen LogP contribution in [0, 0.1) is 13.8 Å². The summed E-state index contributed by atoms with van der Waals surface area (Å²) < 4.78 is 34.7. The summed E-state index contributed by atoms with van der Waals surface area (Å²) in [5.74, 6) is 0.436. The number of anilines is 2. The first-order valence-electron chi connectivity index (χ1n) is 13.0. The third-order valence-electron chi connectivity index (χ3n) is 7.64. The molecule has 8 nitrogen and oxygen atoms in total. The molecule has 0 amide bonds. The van der Waals surface area contributed by atoms with Gasteiger partial charge in [-0.05, 0) is 80.9 Å². The number of hydrogen-bond donors (Lipinski definition) is 2. The molecule has 0 bridgehead atoms. The first kappa shape index (κ1) is 26.5. The molecule has 202 valence electrons. The zero-order chi connectivity index (χ0) is 27.0. The highest BCUT2D eigenvalue weighted by molar-refractivity contribution is 7.92. The number of rotatable bonds is 7. The Balaban J connectivity index is 1.64. The molecule has 2 aromatic heterocycles. The summed E-state index contributed by atoms with van der Waals surface area (Å²) in [5.41, 5.74) is 5.69. The van der Waals surface area contributed by atoms with Crippen LogP contribution in [0.15, 0.2) is 48.7 Å². The molecule has 2 fully saturated rings. The summed E-state index contributed by atoms with van der Waals surface area (Å²) in [4.78, 5) is 6.75. The van der Waals surface area contributed by atoms with Gasteiger partial charge in [-0.3, -0.25) is 9.71 Å². The van der Waals surface area contributed by atoms with E-state index < -0.39 is 10.0 Å². The Morgan fingerprint density at radius 1 is 1.11 bits per heavy atom. The van der Waals surface area contributed by atoms with Crippen molar-refractivity contribution in [2.24, 2.45) is 0 Å². The van der Waals surface area contributed by atoms with Gasteiger partial charge in [0.25, 0.3) is 0 Å². The van der Waals surface area contributed by atoms with E-state index in [1.54, 1.807) is 18.3 Å². The number of aryl methyl sites for hydroxylation is 1. The van der Waals surface area contributed by atoms with Crippen molar-refractivity contribution < 1.29 is 13.2 Å². The lowest BCUT2D eigenvalue weighted by molar-refractivity contribution is 0.345. The normalized spacial score (nSPS) is 20.4. The number of pyridine rings is 1. The Morgan fingerprint density at radius 3 is 2.53 bits per heavy atom. The Hall–Kier alpha value is -3.11. The molecule has 0 unspecified atom stereocenters. The number of thiocarbonyl (C=S) groups is 1. The van der Waals surface area contributed by atoms with Crippen LogP contribution in [-0.2, 0) is 10.0 Å². The highest BCUT2D eigenvalue weighted by atomic mass is 32.2.